The maximum atomic E-state index is 8.60. The minimum Gasteiger partial charge on any atom is -1.00 e. The van der Waals surface area contributed by atoms with Crippen LogP contribution in [-0.2, 0) is 0 Å². The Morgan fingerprint density at radius 1 is 1.33 bits per heavy atom. The summed E-state index contributed by atoms with van der Waals surface area (Å²) < 4.78 is 32.7. The molecule has 0 heterocycles. The Kier molecular flexibility index (Phi) is 5.88. The number of hydrogen-bond acceptors (Lipinski definition) is 4. The van der Waals surface area contributed by atoms with E-state index in [0.717, 1.165) is 0 Å². The van der Waals surface area contributed by atoms with Gasteiger partial charge < -0.3 is 2.85 Å². The standard InChI is InChI=1S/Ca.ClHO4.2H/c;2-1(3,4)5;;/h;(H,2,3,4,5);;/q+2;;2*-1. The zero-order valence-electron chi connectivity index (χ0n) is 4.76. The van der Waals surface area contributed by atoms with Gasteiger partial charge in [-0.3, -0.25) is 0 Å². The SMILES string of the molecule is [Ca+2].[H-].[H-].[O-][Cl+3]([O-])([O-])O. The normalized spacial score (nSPS) is 10.0. The van der Waals surface area contributed by atoms with Gasteiger partial charge in [0.2, 0.25) is 0 Å². The Hall–Kier alpha value is 1.39. The molecule has 0 aliphatic heterocycles. The summed E-state index contributed by atoms with van der Waals surface area (Å²) in [5.74, 6) is 0. The summed E-state index contributed by atoms with van der Waals surface area (Å²) >= 11 is 0. The summed E-state index contributed by atoms with van der Waals surface area (Å²) in [4.78, 5) is 0. The van der Waals surface area contributed by atoms with Crippen molar-refractivity contribution in [1.29, 1.82) is 0 Å². The summed E-state index contributed by atoms with van der Waals surface area (Å²) in [6.45, 7) is 0. The summed E-state index contributed by atoms with van der Waals surface area (Å²) in [7, 11) is -4.69. The molecule has 6 heavy (non-hydrogen) atoms. The first-order valence-electron chi connectivity index (χ1n) is 0.632. The zero-order chi connectivity index (χ0) is 4.50. The maximum Gasteiger partial charge on any atom is 2.00 e. The van der Waals surface area contributed by atoms with Gasteiger partial charge >= 0.3 is 37.7 Å². The molecule has 0 rings (SSSR count). The third kappa shape index (κ3) is 53.8. The average Bonchev–Trinajstić information content (AvgIpc) is 0.722. The van der Waals surface area contributed by atoms with Crippen LogP contribution in [0.25, 0.3) is 0 Å². The van der Waals surface area contributed by atoms with Crippen molar-refractivity contribution < 1.29 is 31.7 Å². The molecule has 4 nitrogen and oxygen atoms in total. The van der Waals surface area contributed by atoms with Crippen molar-refractivity contribution in [2.24, 2.45) is 0 Å². The van der Waals surface area contributed by atoms with Gasteiger partial charge in [0, 0.05) is 0 Å². The second-order valence-corrected chi connectivity index (χ2v) is 1.19. The van der Waals surface area contributed by atoms with Crippen molar-refractivity contribution in [3.05, 3.63) is 0 Å². The summed E-state index contributed by atoms with van der Waals surface area (Å²) in [6.07, 6.45) is 0. The first-order chi connectivity index (χ1) is 2.00. The first-order valence-corrected chi connectivity index (χ1v) is 1.90. The molecule has 0 bridgehead atoms. The van der Waals surface area contributed by atoms with E-state index in [1.165, 1.54) is 0 Å². The molecule has 0 radical (unpaired) electrons. The van der Waals surface area contributed by atoms with E-state index in [1.54, 1.807) is 0 Å². The van der Waals surface area contributed by atoms with Crippen molar-refractivity contribution in [3.63, 3.8) is 0 Å². The fourth-order valence-electron chi connectivity index (χ4n) is 0. The average molecular weight is 143 g/mol. The van der Waals surface area contributed by atoms with E-state index in [9.17, 15) is 0 Å². The quantitative estimate of drug-likeness (QED) is 0.347. The van der Waals surface area contributed by atoms with Crippen LogP contribution in [0.1, 0.15) is 2.85 Å². The molecule has 0 aliphatic rings. The fourth-order valence-corrected chi connectivity index (χ4v) is 0. The largest absolute Gasteiger partial charge is 2.00 e. The van der Waals surface area contributed by atoms with Gasteiger partial charge in [-0.05, 0) is 0 Å². The number of rotatable bonds is 0. The predicted octanol–water partition coefficient (Wildman–Crippen LogP) is -4.28. The van der Waals surface area contributed by atoms with Crippen LogP contribution >= 0.6 is 0 Å². The van der Waals surface area contributed by atoms with E-state index < -0.39 is 10.2 Å². The van der Waals surface area contributed by atoms with Crippen LogP contribution in [0.3, 0.4) is 0 Å². The van der Waals surface area contributed by atoms with Crippen molar-refractivity contribution in [3.8, 4) is 0 Å². The Morgan fingerprint density at radius 2 is 1.33 bits per heavy atom. The van der Waals surface area contributed by atoms with Gasteiger partial charge in [-0.15, -0.1) is 0 Å². The minimum atomic E-state index is -4.69. The van der Waals surface area contributed by atoms with Crippen LogP contribution in [-0.4, -0.2) is 42.4 Å². The summed E-state index contributed by atoms with van der Waals surface area (Å²) in [6, 6.07) is 0. The van der Waals surface area contributed by atoms with Gasteiger partial charge in [-0.25, -0.2) is 0 Å². The van der Waals surface area contributed by atoms with Gasteiger partial charge in [-0.2, -0.15) is 14.0 Å². The van der Waals surface area contributed by atoms with Crippen LogP contribution in [0.2, 0.25) is 0 Å². The number of hydrogen-bond donors (Lipinski definition) is 1. The maximum absolute atomic E-state index is 8.60. The first kappa shape index (κ1) is 10.4. The Balaban J connectivity index is -0.0000000267. The molecular formula is H3CaClO4. The zero-order valence-corrected chi connectivity index (χ0v) is 5.72. The smallest absolute Gasteiger partial charge is 1.00 e. The molecule has 0 atom stereocenters. The molecule has 0 spiro atoms. The van der Waals surface area contributed by atoms with Gasteiger partial charge in [0.05, 0.1) is 14.9 Å². The molecule has 0 aromatic heterocycles. The van der Waals surface area contributed by atoms with Crippen molar-refractivity contribution >= 4 is 37.7 Å². The van der Waals surface area contributed by atoms with Gasteiger partial charge in [0.1, 0.15) is 0 Å². The van der Waals surface area contributed by atoms with E-state index in [-0.39, 0.29) is 40.6 Å². The van der Waals surface area contributed by atoms with Crippen LogP contribution in [0, 0.1) is 10.2 Å². The molecule has 6 heteroatoms. The summed E-state index contributed by atoms with van der Waals surface area (Å²) in [5.41, 5.74) is 0. The minimum absolute atomic E-state index is 0. The molecule has 36 valence electrons. The van der Waals surface area contributed by atoms with Gasteiger partial charge in [-0.1, -0.05) is 0 Å². The van der Waals surface area contributed by atoms with Crippen LogP contribution in [0.15, 0.2) is 0 Å². The van der Waals surface area contributed by atoms with Crippen molar-refractivity contribution in [1.82, 2.24) is 0 Å². The third-order valence-corrected chi connectivity index (χ3v) is 0. The van der Waals surface area contributed by atoms with Crippen LogP contribution < -0.4 is 14.0 Å². The van der Waals surface area contributed by atoms with Crippen molar-refractivity contribution in [2.45, 2.75) is 0 Å². The van der Waals surface area contributed by atoms with Crippen LogP contribution in [0.5, 0.6) is 0 Å². The summed E-state index contributed by atoms with van der Waals surface area (Å²) in [5, 5.41) is 0. The van der Waals surface area contributed by atoms with E-state index in [1.807, 2.05) is 0 Å². The molecule has 1 N–H and O–H groups in total. The van der Waals surface area contributed by atoms with Gasteiger partial charge in [0.15, 0.2) is 0 Å². The molecule has 0 unspecified atom stereocenters. The monoisotopic (exact) mass is 142 g/mol. The van der Waals surface area contributed by atoms with E-state index in [0.29, 0.717) is 0 Å². The van der Waals surface area contributed by atoms with E-state index >= 15 is 0 Å². The molecule has 0 saturated carbocycles. The van der Waals surface area contributed by atoms with Crippen LogP contribution in [0.4, 0.5) is 0 Å². The van der Waals surface area contributed by atoms with E-state index in [4.69, 9.17) is 18.6 Å². The molecule has 0 aliphatic carbocycles. The second-order valence-electron chi connectivity index (χ2n) is 0.396. The third-order valence-electron chi connectivity index (χ3n) is 0. The Bertz CT molecular complexity index is 29.5. The molecule has 0 saturated heterocycles. The second kappa shape index (κ2) is 3.40. The topological polar surface area (TPSA) is 89.4 Å². The number of halogens is 1. The predicted molar refractivity (Wildman–Crippen MR) is 10.2 cm³/mol. The van der Waals surface area contributed by atoms with Gasteiger partial charge in [0.25, 0.3) is 0 Å². The molecular weight excluding hydrogens is 140 g/mol. The molecule has 0 amide bonds. The molecule has 0 aromatic carbocycles. The Morgan fingerprint density at radius 3 is 1.33 bits per heavy atom. The molecule has 0 aromatic rings. The van der Waals surface area contributed by atoms with E-state index in [2.05, 4.69) is 0 Å². The van der Waals surface area contributed by atoms with Crippen molar-refractivity contribution in [2.75, 3.05) is 0 Å². The Labute approximate surface area is 69.1 Å². The molecule has 0 fully saturated rings. The fraction of sp³-hybridized carbons (Fsp3) is 0.